The topological polar surface area (TPSA) is 104 Å². The average molecular weight is 391 g/mol. The summed E-state index contributed by atoms with van der Waals surface area (Å²) in [5.74, 6) is -0.790. The lowest BCUT2D eigenvalue weighted by molar-refractivity contribution is -0.123. The average Bonchev–Trinajstić information content (AvgIpc) is 3.11. The van der Waals surface area contributed by atoms with Crippen LogP contribution in [0.15, 0.2) is 59.4 Å². The van der Waals surface area contributed by atoms with Crippen molar-refractivity contribution < 1.29 is 23.5 Å². The molecule has 0 saturated carbocycles. The van der Waals surface area contributed by atoms with E-state index in [-0.39, 0.29) is 5.69 Å². The molecule has 0 bridgehead atoms. The molecule has 2 aromatic heterocycles. The second-order valence-electron chi connectivity index (χ2n) is 6.27. The monoisotopic (exact) mass is 391 g/mol. The number of ether oxygens (including phenoxy) is 2. The van der Waals surface area contributed by atoms with Crippen LogP contribution in [0.2, 0.25) is 0 Å². The summed E-state index contributed by atoms with van der Waals surface area (Å²) in [6.07, 6.45) is 3.02. The van der Waals surface area contributed by atoms with Gasteiger partial charge in [-0.25, -0.2) is 9.78 Å². The van der Waals surface area contributed by atoms with E-state index in [4.69, 9.17) is 13.9 Å². The van der Waals surface area contributed by atoms with Crippen LogP contribution < -0.4 is 10.1 Å². The highest BCUT2D eigenvalue weighted by atomic mass is 16.5. The van der Waals surface area contributed by atoms with Crippen molar-refractivity contribution >= 4 is 39.5 Å². The minimum atomic E-state index is -1.06. The first-order chi connectivity index (χ1) is 14.1. The molecule has 2 heterocycles. The number of nitrogens with one attached hydrogen (secondary N) is 1. The van der Waals surface area contributed by atoms with Crippen LogP contribution in [0.1, 0.15) is 17.4 Å². The van der Waals surface area contributed by atoms with Crippen LogP contribution in [0, 0.1) is 0 Å². The Hall–Kier alpha value is -3.94. The summed E-state index contributed by atoms with van der Waals surface area (Å²) in [6.45, 7) is 1.47. The third kappa shape index (κ3) is 3.60. The number of carbonyl (C=O) groups excluding carboxylic acids is 2. The second-order valence-corrected chi connectivity index (χ2v) is 6.27. The van der Waals surface area contributed by atoms with Crippen LogP contribution in [0.25, 0.3) is 21.9 Å². The Labute approximate surface area is 165 Å². The number of rotatable bonds is 5. The molecule has 0 aliphatic rings. The van der Waals surface area contributed by atoms with Crippen molar-refractivity contribution in [2.24, 2.45) is 0 Å². The zero-order valence-corrected chi connectivity index (χ0v) is 15.7. The van der Waals surface area contributed by atoms with Crippen molar-refractivity contribution in [2.45, 2.75) is 13.0 Å². The zero-order valence-electron chi connectivity index (χ0n) is 15.7. The molecule has 0 unspecified atom stereocenters. The Morgan fingerprint density at radius 3 is 2.69 bits per heavy atom. The van der Waals surface area contributed by atoms with Crippen molar-refractivity contribution in [2.75, 3.05) is 12.4 Å². The van der Waals surface area contributed by atoms with E-state index < -0.39 is 18.0 Å². The van der Waals surface area contributed by atoms with E-state index in [0.29, 0.717) is 17.0 Å². The molecule has 0 aliphatic heterocycles. The second kappa shape index (κ2) is 7.59. The molecule has 8 nitrogen and oxygen atoms in total. The van der Waals surface area contributed by atoms with Crippen LogP contribution in [0.4, 0.5) is 5.69 Å². The van der Waals surface area contributed by atoms with Gasteiger partial charge in [0.25, 0.3) is 5.91 Å². The molecule has 0 spiro atoms. The highest BCUT2D eigenvalue weighted by Gasteiger charge is 2.22. The first-order valence-electron chi connectivity index (χ1n) is 8.84. The van der Waals surface area contributed by atoms with E-state index in [0.717, 1.165) is 16.4 Å². The maximum absolute atomic E-state index is 12.5. The van der Waals surface area contributed by atoms with E-state index in [1.165, 1.54) is 32.6 Å². The van der Waals surface area contributed by atoms with Crippen molar-refractivity contribution in [3.05, 3.63) is 60.7 Å². The van der Waals surface area contributed by atoms with Gasteiger partial charge in [-0.15, -0.1) is 0 Å². The largest absolute Gasteiger partial charge is 0.495 e. The standard InChI is InChI=1S/C21H17N3O5/c1-12(28-21(26)16-11-22-7-8-23-16)20(25)24-15-10-18-14(9-19(15)27-2)13-5-3-4-6-17(13)29-18/h3-12H,1-2H3,(H,24,25)/t12-/m1/s1. The lowest BCUT2D eigenvalue weighted by Crippen LogP contribution is -2.30. The fourth-order valence-electron chi connectivity index (χ4n) is 2.93. The van der Waals surface area contributed by atoms with E-state index in [9.17, 15) is 9.59 Å². The Bertz CT molecular complexity index is 1200. The molecule has 8 heteroatoms. The summed E-state index contributed by atoms with van der Waals surface area (Å²) in [6, 6.07) is 11.1. The van der Waals surface area contributed by atoms with Crippen LogP contribution >= 0.6 is 0 Å². The summed E-state index contributed by atoms with van der Waals surface area (Å²) in [5, 5.41) is 4.54. The van der Waals surface area contributed by atoms with Gasteiger partial charge >= 0.3 is 5.97 Å². The quantitative estimate of drug-likeness (QED) is 0.519. The number of anilines is 1. The molecule has 0 saturated heterocycles. The van der Waals surface area contributed by atoms with Crippen molar-refractivity contribution in [3.63, 3.8) is 0 Å². The maximum Gasteiger partial charge on any atom is 0.359 e. The Balaban J connectivity index is 1.57. The highest BCUT2D eigenvalue weighted by Crippen LogP contribution is 2.36. The third-order valence-electron chi connectivity index (χ3n) is 4.38. The number of benzene rings is 2. The number of hydrogen-bond donors (Lipinski definition) is 1. The van der Waals surface area contributed by atoms with Crippen molar-refractivity contribution in [3.8, 4) is 5.75 Å². The maximum atomic E-state index is 12.5. The lowest BCUT2D eigenvalue weighted by Gasteiger charge is -2.15. The van der Waals surface area contributed by atoms with E-state index >= 15 is 0 Å². The molecular weight excluding hydrogens is 374 g/mol. The Morgan fingerprint density at radius 1 is 1.10 bits per heavy atom. The predicted molar refractivity (Wildman–Crippen MR) is 106 cm³/mol. The number of para-hydroxylation sites is 1. The van der Waals surface area contributed by atoms with Crippen molar-refractivity contribution in [1.82, 2.24) is 9.97 Å². The van der Waals surface area contributed by atoms with Gasteiger partial charge in [-0.05, 0) is 19.1 Å². The molecule has 0 fully saturated rings. The Kier molecular flexibility index (Phi) is 4.82. The van der Waals surface area contributed by atoms with Crippen molar-refractivity contribution in [1.29, 1.82) is 0 Å². The molecule has 2 aromatic carbocycles. The summed E-state index contributed by atoms with van der Waals surface area (Å²) < 4.78 is 16.4. The minimum absolute atomic E-state index is 0.0217. The molecule has 4 aromatic rings. The summed E-state index contributed by atoms with van der Waals surface area (Å²) >= 11 is 0. The number of aromatic nitrogens is 2. The predicted octanol–water partition coefficient (Wildman–Crippen LogP) is 3.57. The van der Waals surface area contributed by atoms with Gasteiger partial charge in [-0.3, -0.25) is 9.78 Å². The van der Waals surface area contributed by atoms with Crippen LogP contribution in [-0.4, -0.2) is 35.1 Å². The van der Waals surface area contributed by atoms with Crippen LogP contribution in [0.3, 0.4) is 0 Å². The first-order valence-corrected chi connectivity index (χ1v) is 8.84. The van der Waals surface area contributed by atoms with Gasteiger partial charge < -0.3 is 19.2 Å². The molecule has 1 N–H and O–H groups in total. The molecule has 4 rings (SSSR count). The number of fused-ring (bicyclic) bond motifs is 3. The summed E-state index contributed by atoms with van der Waals surface area (Å²) in [7, 11) is 1.51. The fraction of sp³-hybridized carbons (Fsp3) is 0.143. The van der Waals surface area contributed by atoms with Gasteiger partial charge in [-0.1, -0.05) is 18.2 Å². The summed E-state index contributed by atoms with van der Waals surface area (Å²) in [4.78, 5) is 32.3. The zero-order chi connectivity index (χ0) is 20.4. The van der Waals surface area contributed by atoms with Gasteiger partial charge in [0, 0.05) is 29.2 Å². The lowest BCUT2D eigenvalue weighted by atomic mass is 10.1. The molecule has 1 amide bonds. The van der Waals surface area contributed by atoms with Gasteiger partial charge in [0.05, 0.1) is 19.0 Å². The fourth-order valence-corrected chi connectivity index (χ4v) is 2.93. The smallest absolute Gasteiger partial charge is 0.359 e. The number of carbonyl (C=O) groups is 2. The molecule has 146 valence electrons. The van der Waals surface area contributed by atoms with Gasteiger partial charge in [0.2, 0.25) is 0 Å². The highest BCUT2D eigenvalue weighted by molar-refractivity contribution is 6.08. The Morgan fingerprint density at radius 2 is 1.93 bits per heavy atom. The van der Waals surface area contributed by atoms with Gasteiger partial charge in [-0.2, -0.15) is 0 Å². The number of hydrogen-bond acceptors (Lipinski definition) is 7. The molecule has 29 heavy (non-hydrogen) atoms. The van der Waals surface area contributed by atoms with Crippen LogP contribution in [-0.2, 0) is 9.53 Å². The number of amides is 1. The van der Waals surface area contributed by atoms with E-state index in [1.807, 2.05) is 24.3 Å². The molecule has 0 radical (unpaired) electrons. The molecule has 0 aliphatic carbocycles. The molecular formula is C21H17N3O5. The van der Waals surface area contributed by atoms with Crippen LogP contribution in [0.5, 0.6) is 5.75 Å². The number of nitrogens with zero attached hydrogens (tertiary/aromatic N) is 2. The SMILES string of the molecule is COc1cc2c(cc1NC(=O)[C@@H](C)OC(=O)c1cnccn1)oc1ccccc12. The third-order valence-corrected chi connectivity index (χ3v) is 4.38. The number of methoxy groups -OCH3 is 1. The minimum Gasteiger partial charge on any atom is -0.495 e. The van der Waals surface area contributed by atoms with E-state index in [1.54, 1.807) is 12.1 Å². The molecule has 1 atom stereocenters. The number of furan rings is 1. The first kappa shape index (κ1) is 18.4. The normalized spacial score (nSPS) is 11.9. The van der Waals surface area contributed by atoms with Gasteiger partial charge in [0.1, 0.15) is 16.9 Å². The summed E-state index contributed by atoms with van der Waals surface area (Å²) in [5.41, 5.74) is 1.77. The van der Waals surface area contributed by atoms with E-state index in [2.05, 4.69) is 15.3 Å². The van der Waals surface area contributed by atoms with Gasteiger partial charge in [0.15, 0.2) is 11.8 Å². The number of esters is 1.